The molecular formula is C16H23FN6. The van der Waals surface area contributed by atoms with E-state index >= 15 is 0 Å². The first-order chi connectivity index (χ1) is 11.1. The van der Waals surface area contributed by atoms with Crippen molar-refractivity contribution in [2.75, 3.05) is 13.1 Å². The molecule has 23 heavy (non-hydrogen) atoms. The zero-order valence-corrected chi connectivity index (χ0v) is 13.8. The Bertz CT molecular complexity index is 664. The number of aromatic nitrogens is 3. The van der Waals surface area contributed by atoms with E-state index in [2.05, 4.69) is 25.8 Å². The van der Waals surface area contributed by atoms with Gasteiger partial charge in [-0.15, -0.1) is 10.2 Å². The quantitative estimate of drug-likeness (QED) is 0.626. The van der Waals surface area contributed by atoms with Crippen LogP contribution in [-0.2, 0) is 20.0 Å². The number of guanidine groups is 1. The van der Waals surface area contributed by atoms with Crippen molar-refractivity contribution in [3.05, 3.63) is 47.3 Å². The lowest BCUT2D eigenvalue weighted by molar-refractivity contribution is 0.625. The number of nitrogens with one attached hydrogen (secondary N) is 2. The summed E-state index contributed by atoms with van der Waals surface area (Å²) in [4.78, 5) is 4.50. The van der Waals surface area contributed by atoms with Crippen molar-refractivity contribution >= 4 is 5.96 Å². The third-order valence-corrected chi connectivity index (χ3v) is 3.50. The third-order valence-electron chi connectivity index (χ3n) is 3.50. The van der Waals surface area contributed by atoms with Crippen LogP contribution in [0, 0.1) is 12.7 Å². The maximum atomic E-state index is 13.2. The fourth-order valence-corrected chi connectivity index (χ4v) is 2.10. The third kappa shape index (κ3) is 5.05. The van der Waals surface area contributed by atoms with Gasteiger partial charge in [-0.1, -0.05) is 12.1 Å². The molecule has 0 atom stereocenters. The number of rotatable bonds is 6. The van der Waals surface area contributed by atoms with Crippen LogP contribution in [0.4, 0.5) is 4.39 Å². The Morgan fingerprint density at radius 2 is 2.13 bits per heavy atom. The molecule has 1 aromatic carbocycles. The minimum atomic E-state index is -0.208. The van der Waals surface area contributed by atoms with Crippen molar-refractivity contribution in [2.45, 2.75) is 26.8 Å². The van der Waals surface area contributed by atoms with Gasteiger partial charge in [0.1, 0.15) is 18.2 Å². The second-order valence-corrected chi connectivity index (χ2v) is 5.22. The molecule has 0 bridgehead atoms. The average Bonchev–Trinajstić information content (AvgIpc) is 2.84. The first kappa shape index (κ1) is 16.9. The molecule has 0 amide bonds. The van der Waals surface area contributed by atoms with Crippen molar-refractivity contribution in [2.24, 2.45) is 12.0 Å². The normalized spacial score (nSPS) is 11.6. The lowest BCUT2D eigenvalue weighted by atomic mass is 10.1. The fourth-order valence-electron chi connectivity index (χ4n) is 2.10. The first-order valence-electron chi connectivity index (χ1n) is 7.71. The van der Waals surface area contributed by atoms with Gasteiger partial charge in [-0.05, 0) is 38.0 Å². The minimum absolute atomic E-state index is 0.208. The molecule has 2 rings (SSSR count). The molecule has 1 heterocycles. The predicted octanol–water partition coefficient (Wildman–Crippen LogP) is 1.56. The number of hydrogen-bond donors (Lipinski definition) is 2. The maximum Gasteiger partial charge on any atom is 0.191 e. The second-order valence-electron chi connectivity index (χ2n) is 5.22. The highest BCUT2D eigenvalue weighted by Crippen LogP contribution is 2.03. The van der Waals surface area contributed by atoms with Crippen LogP contribution < -0.4 is 10.6 Å². The Morgan fingerprint density at radius 1 is 1.30 bits per heavy atom. The molecule has 6 nitrogen and oxygen atoms in total. The van der Waals surface area contributed by atoms with Crippen molar-refractivity contribution < 1.29 is 4.39 Å². The summed E-state index contributed by atoms with van der Waals surface area (Å²) in [5.74, 6) is 2.18. The highest BCUT2D eigenvalue weighted by atomic mass is 19.1. The predicted molar refractivity (Wildman–Crippen MR) is 88.7 cm³/mol. The van der Waals surface area contributed by atoms with Gasteiger partial charge in [-0.2, -0.15) is 0 Å². The van der Waals surface area contributed by atoms with Gasteiger partial charge >= 0.3 is 0 Å². The average molecular weight is 318 g/mol. The van der Waals surface area contributed by atoms with E-state index in [9.17, 15) is 4.39 Å². The standard InChI is InChI=1S/C16H23FN6/c1-4-18-16(20-11-15-22-21-12(2)23(15)3)19-9-8-13-6-5-7-14(17)10-13/h5-7,10H,4,8-9,11H2,1-3H3,(H2,18,19,20). The molecule has 0 aliphatic carbocycles. The van der Waals surface area contributed by atoms with E-state index in [0.29, 0.717) is 19.0 Å². The van der Waals surface area contributed by atoms with Gasteiger partial charge in [-0.3, -0.25) is 0 Å². The van der Waals surface area contributed by atoms with Gasteiger partial charge in [0, 0.05) is 20.1 Å². The fraction of sp³-hybridized carbons (Fsp3) is 0.438. The molecular weight excluding hydrogens is 295 g/mol. The highest BCUT2D eigenvalue weighted by molar-refractivity contribution is 5.79. The Morgan fingerprint density at radius 3 is 2.78 bits per heavy atom. The van der Waals surface area contributed by atoms with E-state index in [0.717, 1.165) is 30.2 Å². The Hall–Kier alpha value is -2.44. The zero-order chi connectivity index (χ0) is 16.7. The topological polar surface area (TPSA) is 67.1 Å². The molecule has 2 aromatic rings. The number of hydrogen-bond acceptors (Lipinski definition) is 3. The molecule has 0 unspecified atom stereocenters. The number of benzene rings is 1. The van der Waals surface area contributed by atoms with Crippen LogP contribution in [0.3, 0.4) is 0 Å². The summed E-state index contributed by atoms with van der Waals surface area (Å²) in [6.45, 7) is 5.81. The summed E-state index contributed by atoms with van der Waals surface area (Å²) in [7, 11) is 1.92. The van der Waals surface area contributed by atoms with Crippen molar-refractivity contribution in [1.29, 1.82) is 0 Å². The molecule has 124 valence electrons. The molecule has 0 radical (unpaired) electrons. The Balaban J connectivity index is 1.90. The molecule has 0 spiro atoms. The summed E-state index contributed by atoms with van der Waals surface area (Å²) < 4.78 is 15.1. The van der Waals surface area contributed by atoms with Gasteiger partial charge in [0.25, 0.3) is 0 Å². The van der Waals surface area contributed by atoms with Crippen LogP contribution in [-0.4, -0.2) is 33.8 Å². The van der Waals surface area contributed by atoms with E-state index in [1.807, 2.05) is 31.5 Å². The zero-order valence-electron chi connectivity index (χ0n) is 13.8. The van der Waals surface area contributed by atoms with Crippen LogP contribution in [0.1, 0.15) is 24.1 Å². The molecule has 0 aliphatic rings. The molecule has 7 heteroatoms. The van der Waals surface area contributed by atoms with Gasteiger partial charge in [0.05, 0.1) is 0 Å². The minimum Gasteiger partial charge on any atom is -0.357 e. The molecule has 0 saturated carbocycles. The van der Waals surface area contributed by atoms with Crippen LogP contribution in [0.25, 0.3) is 0 Å². The lowest BCUT2D eigenvalue weighted by Crippen LogP contribution is -2.38. The van der Waals surface area contributed by atoms with Crippen molar-refractivity contribution in [3.8, 4) is 0 Å². The van der Waals surface area contributed by atoms with Gasteiger partial charge in [-0.25, -0.2) is 9.38 Å². The van der Waals surface area contributed by atoms with E-state index in [1.165, 1.54) is 6.07 Å². The first-order valence-corrected chi connectivity index (χ1v) is 7.71. The largest absolute Gasteiger partial charge is 0.357 e. The summed E-state index contributed by atoms with van der Waals surface area (Å²) in [5.41, 5.74) is 0.956. The maximum absolute atomic E-state index is 13.2. The Labute approximate surface area is 135 Å². The van der Waals surface area contributed by atoms with Crippen LogP contribution in [0.5, 0.6) is 0 Å². The number of halogens is 1. The SMILES string of the molecule is CCNC(=NCc1nnc(C)n1C)NCCc1cccc(F)c1. The number of aryl methyl sites for hydroxylation is 1. The molecule has 0 fully saturated rings. The number of aliphatic imine (C=N–C) groups is 1. The second kappa shape index (κ2) is 8.26. The monoisotopic (exact) mass is 318 g/mol. The van der Waals surface area contributed by atoms with Gasteiger partial charge in [0.2, 0.25) is 0 Å². The summed E-state index contributed by atoms with van der Waals surface area (Å²) in [5, 5.41) is 14.5. The van der Waals surface area contributed by atoms with E-state index in [4.69, 9.17) is 0 Å². The van der Waals surface area contributed by atoms with E-state index in [1.54, 1.807) is 12.1 Å². The lowest BCUT2D eigenvalue weighted by Gasteiger charge is -2.11. The van der Waals surface area contributed by atoms with E-state index in [-0.39, 0.29) is 5.82 Å². The number of nitrogens with zero attached hydrogens (tertiary/aromatic N) is 4. The van der Waals surface area contributed by atoms with Gasteiger partial charge < -0.3 is 15.2 Å². The Kier molecular flexibility index (Phi) is 6.08. The smallest absolute Gasteiger partial charge is 0.191 e. The molecule has 0 saturated heterocycles. The summed E-state index contributed by atoms with van der Waals surface area (Å²) in [6, 6.07) is 6.64. The summed E-state index contributed by atoms with van der Waals surface area (Å²) >= 11 is 0. The van der Waals surface area contributed by atoms with Crippen LogP contribution >= 0.6 is 0 Å². The van der Waals surface area contributed by atoms with Crippen LogP contribution in [0.15, 0.2) is 29.3 Å². The highest BCUT2D eigenvalue weighted by Gasteiger charge is 2.05. The molecule has 0 aliphatic heterocycles. The van der Waals surface area contributed by atoms with E-state index < -0.39 is 0 Å². The van der Waals surface area contributed by atoms with Crippen molar-refractivity contribution in [3.63, 3.8) is 0 Å². The summed E-state index contributed by atoms with van der Waals surface area (Å²) in [6.07, 6.45) is 0.727. The molecule has 2 N–H and O–H groups in total. The van der Waals surface area contributed by atoms with Crippen LogP contribution in [0.2, 0.25) is 0 Å². The molecule has 1 aromatic heterocycles. The van der Waals surface area contributed by atoms with Crippen molar-refractivity contribution in [1.82, 2.24) is 25.4 Å². The van der Waals surface area contributed by atoms with Gasteiger partial charge in [0.15, 0.2) is 11.8 Å².